The summed E-state index contributed by atoms with van der Waals surface area (Å²) in [7, 11) is 0. The highest BCUT2D eigenvalue weighted by molar-refractivity contribution is 6.33. The molecule has 0 heterocycles. The van der Waals surface area contributed by atoms with E-state index in [4.69, 9.17) is 11.6 Å². The molecule has 0 aliphatic heterocycles. The standard InChI is InChI=1S/C13H19ClN2O2/c1-9(2)12(17)7-8-15-13(18)16-11-6-4-3-5-10(11)14/h3-6,9,12,17H,7-8H2,1-2H3,(H2,15,16,18). The number of carbonyl (C=O) groups is 1. The molecular formula is C13H19ClN2O2. The molecule has 0 saturated heterocycles. The predicted molar refractivity (Wildman–Crippen MR) is 73.9 cm³/mol. The number of rotatable bonds is 5. The van der Waals surface area contributed by atoms with Crippen LogP contribution in [0.3, 0.4) is 0 Å². The minimum absolute atomic E-state index is 0.193. The summed E-state index contributed by atoms with van der Waals surface area (Å²) in [5, 5.41) is 15.4. The Balaban J connectivity index is 2.33. The summed E-state index contributed by atoms with van der Waals surface area (Å²) < 4.78 is 0. The van der Waals surface area contributed by atoms with Crippen LogP contribution in [0.2, 0.25) is 5.02 Å². The third-order valence-corrected chi connectivity index (χ3v) is 2.95. The number of anilines is 1. The molecule has 4 nitrogen and oxygen atoms in total. The monoisotopic (exact) mass is 270 g/mol. The van der Waals surface area contributed by atoms with Gasteiger partial charge in [-0.05, 0) is 24.5 Å². The topological polar surface area (TPSA) is 61.4 Å². The Labute approximate surface area is 112 Å². The first kappa shape index (κ1) is 14.8. The van der Waals surface area contributed by atoms with Crippen LogP contribution in [0.15, 0.2) is 24.3 Å². The van der Waals surface area contributed by atoms with Gasteiger partial charge in [0.1, 0.15) is 0 Å². The SMILES string of the molecule is CC(C)C(O)CCNC(=O)Nc1ccccc1Cl. The molecule has 0 bridgehead atoms. The van der Waals surface area contributed by atoms with Gasteiger partial charge in [-0.2, -0.15) is 0 Å². The van der Waals surface area contributed by atoms with Crippen molar-refractivity contribution < 1.29 is 9.90 Å². The summed E-state index contributed by atoms with van der Waals surface area (Å²) >= 11 is 5.91. The Morgan fingerprint density at radius 2 is 2.06 bits per heavy atom. The number of amides is 2. The van der Waals surface area contributed by atoms with E-state index < -0.39 is 6.10 Å². The van der Waals surface area contributed by atoms with Crippen LogP contribution in [-0.4, -0.2) is 23.8 Å². The lowest BCUT2D eigenvalue weighted by molar-refractivity contribution is 0.117. The third-order valence-electron chi connectivity index (χ3n) is 2.62. The van der Waals surface area contributed by atoms with Crippen LogP contribution >= 0.6 is 11.6 Å². The maximum atomic E-state index is 11.6. The van der Waals surface area contributed by atoms with E-state index in [0.717, 1.165) is 0 Å². The largest absolute Gasteiger partial charge is 0.393 e. The number of aliphatic hydroxyl groups is 1. The van der Waals surface area contributed by atoms with Crippen LogP contribution in [0, 0.1) is 5.92 Å². The Kier molecular flexibility index (Phi) is 5.95. The van der Waals surface area contributed by atoms with Gasteiger partial charge in [0, 0.05) is 6.54 Å². The van der Waals surface area contributed by atoms with E-state index in [0.29, 0.717) is 23.7 Å². The van der Waals surface area contributed by atoms with Crippen molar-refractivity contribution in [1.82, 2.24) is 5.32 Å². The smallest absolute Gasteiger partial charge is 0.319 e. The van der Waals surface area contributed by atoms with Crippen molar-refractivity contribution in [1.29, 1.82) is 0 Å². The second kappa shape index (κ2) is 7.24. The first-order chi connectivity index (χ1) is 8.50. The van der Waals surface area contributed by atoms with Gasteiger partial charge in [-0.25, -0.2) is 4.79 Å². The van der Waals surface area contributed by atoms with Crippen molar-refractivity contribution in [3.63, 3.8) is 0 Å². The second-order valence-electron chi connectivity index (χ2n) is 4.46. The molecule has 0 aromatic heterocycles. The Morgan fingerprint density at radius 3 is 2.67 bits per heavy atom. The summed E-state index contributed by atoms with van der Waals surface area (Å²) in [5.41, 5.74) is 0.570. The zero-order chi connectivity index (χ0) is 13.5. The van der Waals surface area contributed by atoms with Gasteiger partial charge < -0.3 is 15.7 Å². The van der Waals surface area contributed by atoms with Crippen molar-refractivity contribution in [3.05, 3.63) is 29.3 Å². The molecule has 18 heavy (non-hydrogen) atoms. The maximum Gasteiger partial charge on any atom is 0.319 e. The molecule has 1 rings (SSSR count). The highest BCUT2D eigenvalue weighted by Crippen LogP contribution is 2.19. The van der Waals surface area contributed by atoms with Gasteiger partial charge in [0.05, 0.1) is 16.8 Å². The third kappa shape index (κ3) is 4.94. The molecule has 2 amide bonds. The number of para-hydroxylation sites is 1. The van der Waals surface area contributed by atoms with Crippen molar-refractivity contribution in [2.24, 2.45) is 5.92 Å². The number of halogens is 1. The van der Waals surface area contributed by atoms with Gasteiger partial charge in [-0.1, -0.05) is 37.6 Å². The molecule has 0 aliphatic carbocycles. The minimum atomic E-state index is -0.398. The molecule has 0 spiro atoms. The van der Waals surface area contributed by atoms with Gasteiger partial charge in [0.25, 0.3) is 0 Å². The number of hydrogen-bond acceptors (Lipinski definition) is 2. The van der Waals surface area contributed by atoms with Crippen LogP contribution in [-0.2, 0) is 0 Å². The first-order valence-corrected chi connectivity index (χ1v) is 6.36. The zero-order valence-electron chi connectivity index (χ0n) is 10.6. The van der Waals surface area contributed by atoms with Gasteiger partial charge in [-0.15, -0.1) is 0 Å². The van der Waals surface area contributed by atoms with Gasteiger partial charge in [0.15, 0.2) is 0 Å². The number of urea groups is 1. The van der Waals surface area contributed by atoms with Crippen molar-refractivity contribution in [2.75, 3.05) is 11.9 Å². The Morgan fingerprint density at radius 1 is 1.39 bits per heavy atom. The molecule has 5 heteroatoms. The van der Waals surface area contributed by atoms with E-state index in [9.17, 15) is 9.90 Å². The zero-order valence-corrected chi connectivity index (χ0v) is 11.4. The van der Waals surface area contributed by atoms with E-state index in [1.165, 1.54) is 0 Å². The first-order valence-electron chi connectivity index (χ1n) is 5.98. The van der Waals surface area contributed by atoms with Gasteiger partial charge >= 0.3 is 6.03 Å². The van der Waals surface area contributed by atoms with Gasteiger partial charge in [0.2, 0.25) is 0 Å². The van der Waals surface area contributed by atoms with Crippen LogP contribution < -0.4 is 10.6 Å². The number of aliphatic hydroxyl groups excluding tert-OH is 1. The van der Waals surface area contributed by atoms with E-state index in [-0.39, 0.29) is 11.9 Å². The fourth-order valence-electron chi connectivity index (χ4n) is 1.40. The maximum absolute atomic E-state index is 11.6. The van der Waals surface area contributed by atoms with Crippen molar-refractivity contribution in [3.8, 4) is 0 Å². The fourth-order valence-corrected chi connectivity index (χ4v) is 1.58. The summed E-state index contributed by atoms with van der Waals surface area (Å²) in [6.07, 6.45) is 0.138. The van der Waals surface area contributed by atoms with Crippen molar-refractivity contribution >= 4 is 23.3 Å². The number of hydrogen-bond donors (Lipinski definition) is 3. The predicted octanol–water partition coefficient (Wildman–Crippen LogP) is 2.87. The van der Waals surface area contributed by atoms with E-state index >= 15 is 0 Å². The quantitative estimate of drug-likeness (QED) is 0.770. The van der Waals surface area contributed by atoms with Crippen LogP contribution in [0.4, 0.5) is 10.5 Å². The fraction of sp³-hybridized carbons (Fsp3) is 0.462. The number of nitrogens with one attached hydrogen (secondary N) is 2. The molecule has 3 N–H and O–H groups in total. The summed E-state index contributed by atoms with van der Waals surface area (Å²) in [4.78, 5) is 11.6. The molecule has 0 radical (unpaired) electrons. The summed E-state index contributed by atoms with van der Waals surface area (Å²) in [5.74, 6) is 0.193. The van der Waals surface area contributed by atoms with Crippen LogP contribution in [0.5, 0.6) is 0 Å². The molecule has 0 saturated carbocycles. The minimum Gasteiger partial charge on any atom is -0.393 e. The molecule has 1 aromatic carbocycles. The summed E-state index contributed by atoms with van der Waals surface area (Å²) in [6.45, 7) is 4.30. The lowest BCUT2D eigenvalue weighted by atomic mass is 10.0. The van der Waals surface area contributed by atoms with Crippen molar-refractivity contribution in [2.45, 2.75) is 26.4 Å². The normalized spacial score (nSPS) is 12.3. The highest BCUT2D eigenvalue weighted by Gasteiger charge is 2.09. The number of carbonyl (C=O) groups excluding carboxylic acids is 1. The molecule has 1 unspecified atom stereocenters. The van der Waals surface area contributed by atoms with E-state index in [1.54, 1.807) is 24.3 Å². The molecule has 1 atom stereocenters. The second-order valence-corrected chi connectivity index (χ2v) is 4.87. The number of benzene rings is 1. The lowest BCUT2D eigenvalue weighted by Crippen LogP contribution is -2.32. The van der Waals surface area contributed by atoms with E-state index in [1.807, 2.05) is 13.8 Å². The molecule has 1 aromatic rings. The molecule has 0 fully saturated rings. The Hall–Kier alpha value is -1.26. The van der Waals surface area contributed by atoms with Gasteiger partial charge in [-0.3, -0.25) is 0 Å². The summed E-state index contributed by atoms with van der Waals surface area (Å²) in [6, 6.07) is 6.71. The molecule has 0 aliphatic rings. The lowest BCUT2D eigenvalue weighted by Gasteiger charge is -2.14. The highest BCUT2D eigenvalue weighted by atomic mass is 35.5. The van der Waals surface area contributed by atoms with Crippen LogP contribution in [0.1, 0.15) is 20.3 Å². The van der Waals surface area contributed by atoms with E-state index in [2.05, 4.69) is 10.6 Å². The molecule has 100 valence electrons. The average molecular weight is 271 g/mol. The Bertz CT molecular complexity index is 396. The average Bonchev–Trinajstić information content (AvgIpc) is 2.32. The van der Waals surface area contributed by atoms with Crippen LogP contribution in [0.25, 0.3) is 0 Å². The molecular weight excluding hydrogens is 252 g/mol.